The van der Waals surface area contributed by atoms with Crippen LogP contribution in [0.2, 0.25) is 0 Å². The number of hydrogen-bond acceptors (Lipinski definition) is 7. The smallest absolute Gasteiger partial charge is 0.356 e. The molecule has 28 heavy (non-hydrogen) atoms. The maximum absolute atomic E-state index is 12.4. The number of imidazole rings is 1. The van der Waals surface area contributed by atoms with Gasteiger partial charge in [0.15, 0.2) is 5.16 Å². The van der Waals surface area contributed by atoms with Crippen molar-refractivity contribution in [2.45, 2.75) is 38.3 Å². The minimum atomic E-state index is -0.514. The van der Waals surface area contributed by atoms with E-state index in [1.54, 1.807) is 6.92 Å². The van der Waals surface area contributed by atoms with Gasteiger partial charge in [-0.05, 0) is 37.7 Å². The Morgan fingerprint density at radius 2 is 2.25 bits per heavy atom. The van der Waals surface area contributed by atoms with E-state index >= 15 is 0 Å². The van der Waals surface area contributed by atoms with E-state index in [1.807, 2.05) is 0 Å². The predicted molar refractivity (Wildman–Crippen MR) is 108 cm³/mol. The van der Waals surface area contributed by atoms with E-state index in [2.05, 4.69) is 22.2 Å². The molecule has 0 bridgehead atoms. The van der Waals surface area contributed by atoms with Crippen molar-refractivity contribution in [1.29, 1.82) is 0 Å². The van der Waals surface area contributed by atoms with E-state index in [0.717, 1.165) is 41.5 Å². The van der Waals surface area contributed by atoms with E-state index < -0.39 is 11.9 Å². The van der Waals surface area contributed by atoms with E-state index in [4.69, 9.17) is 10.5 Å². The number of aromatic nitrogens is 2. The van der Waals surface area contributed by atoms with Crippen molar-refractivity contribution in [3.8, 4) is 0 Å². The fourth-order valence-corrected chi connectivity index (χ4v) is 5.17. The number of fused-ring (bicyclic) bond motifs is 1. The molecule has 2 heterocycles. The molecular weight excluding hydrogens is 400 g/mol. The van der Waals surface area contributed by atoms with Crippen molar-refractivity contribution in [2.24, 2.45) is 11.7 Å². The number of thioether (sulfide) groups is 1. The van der Waals surface area contributed by atoms with Gasteiger partial charge in [-0.1, -0.05) is 18.7 Å². The fraction of sp³-hybridized carbons (Fsp3) is 0.444. The van der Waals surface area contributed by atoms with Crippen molar-refractivity contribution >= 4 is 45.9 Å². The van der Waals surface area contributed by atoms with Crippen LogP contribution in [0.5, 0.6) is 0 Å². The van der Waals surface area contributed by atoms with Crippen molar-refractivity contribution < 1.29 is 19.1 Å². The molecule has 4 N–H and O–H groups in total. The van der Waals surface area contributed by atoms with Crippen LogP contribution in [0, 0.1) is 5.92 Å². The number of nitrogens with one attached hydrogen (secondary N) is 2. The van der Waals surface area contributed by atoms with Gasteiger partial charge in [0.05, 0.1) is 24.1 Å². The number of rotatable bonds is 7. The summed E-state index contributed by atoms with van der Waals surface area (Å²) in [6, 6.07) is 0. The number of thiophene rings is 1. The van der Waals surface area contributed by atoms with E-state index in [-0.39, 0.29) is 24.0 Å². The average Bonchev–Trinajstić information content (AvgIpc) is 3.24. The maximum Gasteiger partial charge on any atom is 0.356 e. The highest BCUT2D eigenvalue weighted by atomic mass is 32.2. The molecule has 1 unspecified atom stereocenters. The summed E-state index contributed by atoms with van der Waals surface area (Å²) in [6.45, 7) is 4.17. The zero-order valence-electron chi connectivity index (χ0n) is 15.7. The molecule has 2 aromatic heterocycles. The molecule has 0 fully saturated rings. The zero-order valence-corrected chi connectivity index (χ0v) is 17.3. The van der Waals surface area contributed by atoms with Crippen molar-refractivity contribution in [3.05, 3.63) is 27.9 Å². The summed E-state index contributed by atoms with van der Waals surface area (Å²) >= 11 is 2.59. The van der Waals surface area contributed by atoms with Gasteiger partial charge in [-0.2, -0.15) is 0 Å². The quantitative estimate of drug-likeness (QED) is 0.465. The lowest BCUT2D eigenvalue weighted by Crippen LogP contribution is -2.20. The molecule has 150 valence electrons. The molecule has 2 amide bonds. The summed E-state index contributed by atoms with van der Waals surface area (Å²) in [5.41, 5.74) is 7.22. The number of anilines is 1. The minimum Gasteiger partial charge on any atom is -0.461 e. The molecule has 1 aliphatic carbocycles. The molecule has 10 heteroatoms. The number of aromatic amines is 1. The Kier molecular flexibility index (Phi) is 6.40. The summed E-state index contributed by atoms with van der Waals surface area (Å²) in [6.07, 6.45) is 4.08. The van der Waals surface area contributed by atoms with Crippen LogP contribution in [0.25, 0.3) is 0 Å². The molecule has 0 spiro atoms. The molecule has 2 aromatic rings. The Labute approximate surface area is 170 Å². The Morgan fingerprint density at radius 1 is 1.46 bits per heavy atom. The minimum absolute atomic E-state index is 0.0763. The Morgan fingerprint density at radius 3 is 2.96 bits per heavy atom. The van der Waals surface area contributed by atoms with Gasteiger partial charge in [-0.25, -0.2) is 9.78 Å². The Balaban J connectivity index is 1.64. The number of carbonyl (C=O) groups is 3. The molecule has 0 aliphatic heterocycles. The first-order valence-corrected chi connectivity index (χ1v) is 10.8. The maximum atomic E-state index is 12.4. The molecule has 0 saturated heterocycles. The standard InChI is InChI=1S/C18H22N4O4S2/c1-3-26-17(25)11-7-20-18(21-11)27-8-13(23)22-16-14(15(19)24)10-5-4-9(2)6-12(10)28-16/h7,9H,3-6,8H2,1-2H3,(H2,19,24)(H,20,21)(H,22,23). The third-order valence-electron chi connectivity index (χ3n) is 4.40. The highest BCUT2D eigenvalue weighted by Crippen LogP contribution is 2.39. The number of carbonyl (C=O) groups excluding carboxylic acids is 3. The van der Waals surface area contributed by atoms with Crippen LogP contribution in [-0.4, -0.2) is 40.1 Å². The first-order valence-electron chi connectivity index (χ1n) is 8.98. The van der Waals surface area contributed by atoms with Gasteiger partial charge < -0.3 is 20.8 Å². The second-order valence-corrected chi connectivity index (χ2v) is 8.65. The van der Waals surface area contributed by atoms with Crippen LogP contribution in [0.4, 0.5) is 5.00 Å². The molecule has 0 aromatic carbocycles. The lowest BCUT2D eigenvalue weighted by molar-refractivity contribution is -0.113. The first kappa shape index (κ1) is 20.4. The molecular formula is C18H22N4O4S2. The molecule has 0 radical (unpaired) electrons. The topological polar surface area (TPSA) is 127 Å². The van der Waals surface area contributed by atoms with E-state index in [1.165, 1.54) is 17.5 Å². The van der Waals surface area contributed by atoms with Gasteiger partial charge in [0.25, 0.3) is 5.91 Å². The number of nitrogens with two attached hydrogens (primary N) is 1. The first-order chi connectivity index (χ1) is 13.4. The van der Waals surface area contributed by atoms with Crippen molar-refractivity contribution in [1.82, 2.24) is 9.97 Å². The normalized spacial score (nSPS) is 15.7. The highest BCUT2D eigenvalue weighted by Gasteiger charge is 2.27. The van der Waals surface area contributed by atoms with Crippen LogP contribution in [0.1, 0.15) is 51.6 Å². The lowest BCUT2D eigenvalue weighted by atomic mass is 9.88. The van der Waals surface area contributed by atoms with Crippen molar-refractivity contribution in [3.63, 3.8) is 0 Å². The fourth-order valence-electron chi connectivity index (χ4n) is 3.08. The van der Waals surface area contributed by atoms with Gasteiger partial charge in [-0.15, -0.1) is 11.3 Å². The van der Waals surface area contributed by atoms with Crippen molar-refractivity contribution in [2.75, 3.05) is 17.7 Å². The molecule has 1 atom stereocenters. The molecule has 0 saturated carbocycles. The number of nitrogens with zero attached hydrogens (tertiary/aromatic N) is 1. The van der Waals surface area contributed by atoms with Gasteiger partial charge in [0.1, 0.15) is 10.7 Å². The number of hydrogen-bond donors (Lipinski definition) is 3. The third-order valence-corrected chi connectivity index (χ3v) is 6.46. The van der Waals surface area contributed by atoms with Gasteiger partial charge >= 0.3 is 5.97 Å². The SMILES string of the molecule is CCOC(=O)c1cnc(SCC(=O)Nc2sc3c(c2C(N)=O)CCC(C)C3)[nH]1. The summed E-state index contributed by atoms with van der Waals surface area (Å²) in [4.78, 5) is 43.9. The van der Waals surface area contributed by atoms with E-state index in [9.17, 15) is 14.4 Å². The number of ether oxygens (including phenoxy) is 1. The average molecular weight is 423 g/mol. The monoisotopic (exact) mass is 422 g/mol. The van der Waals surface area contributed by atoms with Gasteiger partial charge in [0.2, 0.25) is 5.91 Å². The second-order valence-electron chi connectivity index (χ2n) is 6.58. The number of esters is 1. The summed E-state index contributed by atoms with van der Waals surface area (Å²) < 4.78 is 4.89. The van der Waals surface area contributed by atoms with E-state index in [0.29, 0.717) is 21.6 Å². The van der Waals surface area contributed by atoms with Crippen LogP contribution in [0.3, 0.4) is 0 Å². The van der Waals surface area contributed by atoms with Crippen LogP contribution in [-0.2, 0) is 22.4 Å². The summed E-state index contributed by atoms with van der Waals surface area (Å²) in [5.74, 6) is -0.643. The molecule has 8 nitrogen and oxygen atoms in total. The largest absolute Gasteiger partial charge is 0.461 e. The summed E-state index contributed by atoms with van der Waals surface area (Å²) in [7, 11) is 0. The number of H-pyrrole nitrogens is 1. The Bertz CT molecular complexity index is 906. The van der Waals surface area contributed by atoms with Crippen LogP contribution < -0.4 is 11.1 Å². The lowest BCUT2D eigenvalue weighted by Gasteiger charge is -2.18. The number of amides is 2. The molecule has 1 aliphatic rings. The van der Waals surface area contributed by atoms with Crippen LogP contribution >= 0.6 is 23.1 Å². The zero-order chi connectivity index (χ0) is 20.3. The van der Waals surface area contributed by atoms with Crippen LogP contribution in [0.15, 0.2) is 11.4 Å². The molecule has 3 rings (SSSR count). The van der Waals surface area contributed by atoms with Gasteiger partial charge in [0, 0.05) is 4.88 Å². The second kappa shape index (κ2) is 8.78. The predicted octanol–water partition coefficient (Wildman–Crippen LogP) is 2.60. The number of primary amides is 1. The summed E-state index contributed by atoms with van der Waals surface area (Å²) in [5, 5.41) is 3.76. The Hall–Kier alpha value is -2.33. The highest BCUT2D eigenvalue weighted by molar-refractivity contribution is 7.99. The third kappa shape index (κ3) is 4.56. The van der Waals surface area contributed by atoms with Gasteiger partial charge in [-0.3, -0.25) is 9.59 Å².